The highest BCUT2D eigenvalue weighted by Gasteiger charge is 2.32. The molecular formula is C10H20N2. The maximum Gasteiger partial charge on any atom is 0.000876 e. The van der Waals surface area contributed by atoms with Crippen molar-refractivity contribution in [1.29, 1.82) is 0 Å². The molecule has 0 radical (unpaired) electrons. The lowest BCUT2D eigenvalue weighted by molar-refractivity contribution is 0.244. The normalized spacial score (nSPS) is 38.0. The molecule has 0 aromatic carbocycles. The molecule has 70 valence electrons. The summed E-state index contributed by atoms with van der Waals surface area (Å²) in [5.41, 5.74) is 0.674. The smallest absolute Gasteiger partial charge is 0.000876 e. The van der Waals surface area contributed by atoms with E-state index in [1.54, 1.807) is 0 Å². The van der Waals surface area contributed by atoms with Gasteiger partial charge in [-0.3, -0.25) is 0 Å². The summed E-state index contributed by atoms with van der Waals surface area (Å²) in [7, 11) is 0. The van der Waals surface area contributed by atoms with Crippen LogP contribution in [0, 0.1) is 5.41 Å². The van der Waals surface area contributed by atoms with Gasteiger partial charge < -0.3 is 10.6 Å². The van der Waals surface area contributed by atoms with Crippen LogP contribution >= 0.6 is 0 Å². The monoisotopic (exact) mass is 168 g/mol. The SMILES string of the molecule is C1CCC2(CCNC1)CCNC2. The highest BCUT2D eigenvalue weighted by atomic mass is 14.9. The fourth-order valence-electron chi connectivity index (χ4n) is 2.58. The third-order valence-corrected chi connectivity index (χ3v) is 3.47. The Bertz CT molecular complexity index is 129. The van der Waals surface area contributed by atoms with Gasteiger partial charge in [0.15, 0.2) is 0 Å². The van der Waals surface area contributed by atoms with E-state index in [1.807, 2.05) is 0 Å². The van der Waals surface area contributed by atoms with Crippen molar-refractivity contribution >= 4 is 0 Å². The molecule has 1 atom stereocenters. The molecule has 0 aromatic heterocycles. The van der Waals surface area contributed by atoms with Crippen molar-refractivity contribution in [3.05, 3.63) is 0 Å². The van der Waals surface area contributed by atoms with Crippen LogP contribution in [0.25, 0.3) is 0 Å². The van der Waals surface area contributed by atoms with E-state index in [0.717, 1.165) is 0 Å². The summed E-state index contributed by atoms with van der Waals surface area (Å²) in [6.07, 6.45) is 7.06. The van der Waals surface area contributed by atoms with Crippen molar-refractivity contribution in [1.82, 2.24) is 10.6 Å². The lowest BCUT2D eigenvalue weighted by Gasteiger charge is -2.30. The van der Waals surface area contributed by atoms with E-state index in [4.69, 9.17) is 0 Å². The Morgan fingerprint density at radius 3 is 2.42 bits per heavy atom. The second-order valence-corrected chi connectivity index (χ2v) is 4.38. The van der Waals surface area contributed by atoms with Gasteiger partial charge in [0, 0.05) is 6.54 Å². The van der Waals surface area contributed by atoms with Crippen LogP contribution in [-0.4, -0.2) is 26.2 Å². The van der Waals surface area contributed by atoms with Gasteiger partial charge in [-0.25, -0.2) is 0 Å². The molecule has 0 aromatic rings. The van der Waals surface area contributed by atoms with Gasteiger partial charge in [-0.1, -0.05) is 6.42 Å². The number of hydrogen-bond acceptors (Lipinski definition) is 2. The second kappa shape index (κ2) is 3.75. The largest absolute Gasteiger partial charge is 0.317 e. The van der Waals surface area contributed by atoms with Crippen molar-refractivity contribution < 1.29 is 0 Å². The van der Waals surface area contributed by atoms with Crippen LogP contribution < -0.4 is 10.6 Å². The standard InChI is InChI=1S/C10H20N2/c1-2-6-11-7-4-10(3-1)5-8-12-9-10/h11-12H,1-9H2. The van der Waals surface area contributed by atoms with Gasteiger partial charge in [0.2, 0.25) is 0 Å². The predicted molar refractivity (Wildman–Crippen MR) is 51.3 cm³/mol. The van der Waals surface area contributed by atoms with Crippen LogP contribution in [0.5, 0.6) is 0 Å². The third-order valence-electron chi connectivity index (χ3n) is 3.47. The van der Waals surface area contributed by atoms with Crippen molar-refractivity contribution in [2.24, 2.45) is 5.41 Å². The van der Waals surface area contributed by atoms with Crippen LogP contribution in [0.4, 0.5) is 0 Å². The Morgan fingerprint density at radius 2 is 1.58 bits per heavy atom. The number of nitrogens with one attached hydrogen (secondary N) is 2. The zero-order chi connectivity index (χ0) is 8.28. The highest BCUT2D eigenvalue weighted by Crippen LogP contribution is 2.35. The Labute approximate surface area is 75.1 Å². The van der Waals surface area contributed by atoms with Gasteiger partial charge in [0.05, 0.1) is 0 Å². The van der Waals surface area contributed by atoms with E-state index in [9.17, 15) is 0 Å². The predicted octanol–water partition coefficient (Wildman–Crippen LogP) is 1.13. The summed E-state index contributed by atoms with van der Waals surface area (Å²) in [6, 6.07) is 0. The summed E-state index contributed by atoms with van der Waals surface area (Å²) in [5, 5.41) is 7.01. The van der Waals surface area contributed by atoms with Crippen LogP contribution in [-0.2, 0) is 0 Å². The molecule has 2 saturated heterocycles. The van der Waals surface area contributed by atoms with E-state index < -0.39 is 0 Å². The van der Waals surface area contributed by atoms with Gasteiger partial charge >= 0.3 is 0 Å². The lowest BCUT2D eigenvalue weighted by Crippen LogP contribution is -2.32. The minimum Gasteiger partial charge on any atom is -0.317 e. The minimum atomic E-state index is 0.674. The van der Waals surface area contributed by atoms with E-state index in [1.165, 1.54) is 58.3 Å². The van der Waals surface area contributed by atoms with E-state index >= 15 is 0 Å². The van der Waals surface area contributed by atoms with Crippen LogP contribution in [0.2, 0.25) is 0 Å². The van der Waals surface area contributed by atoms with Crippen molar-refractivity contribution in [2.75, 3.05) is 26.2 Å². The fourth-order valence-corrected chi connectivity index (χ4v) is 2.58. The maximum absolute atomic E-state index is 3.51. The fraction of sp³-hybridized carbons (Fsp3) is 1.00. The summed E-state index contributed by atoms with van der Waals surface area (Å²) < 4.78 is 0. The van der Waals surface area contributed by atoms with E-state index in [-0.39, 0.29) is 0 Å². The van der Waals surface area contributed by atoms with Gasteiger partial charge in [0.25, 0.3) is 0 Å². The molecule has 2 fully saturated rings. The number of hydrogen-bond donors (Lipinski definition) is 2. The average Bonchev–Trinajstić information content (AvgIpc) is 2.47. The molecule has 12 heavy (non-hydrogen) atoms. The molecular weight excluding hydrogens is 148 g/mol. The molecule has 0 saturated carbocycles. The molecule has 2 N–H and O–H groups in total. The van der Waals surface area contributed by atoms with E-state index in [2.05, 4.69) is 10.6 Å². The third kappa shape index (κ3) is 1.80. The summed E-state index contributed by atoms with van der Waals surface area (Å²) >= 11 is 0. The van der Waals surface area contributed by atoms with Crippen molar-refractivity contribution in [3.63, 3.8) is 0 Å². The lowest BCUT2D eigenvalue weighted by atomic mass is 9.78. The van der Waals surface area contributed by atoms with Crippen LogP contribution in [0.3, 0.4) is 0 Å². The van der Waals surface area contributed by atoms with Gasteiger partial charge in [-0.2, -0.15) is 0 Å². The molecule has 2 nitrogen and oxygen atoms in total. The number of rotatable bonds is 0. The minimum absolute atomic E-state index is 0.674. The molecule has 2 heteroatoms. The highest BCUT2D eigenvalue weighted by molar-refractivity contribution is 4.89. The zero-order valence-electron chi connectivity index (χ0n) is 7.86. The molecule has 1 unspecified atom stereocenters. The van der Waals surface area contributed by atoms with Crippen molar-refractivity contribution in [3.8, 4) is 0 Å². The van der Waals surface area contributed by atoms with Crippen molar-refractivity contribution in [2.45, 2.75) is 32.1 Å². The first kappa shape index (κ1) is 8.52. The topological polar surface area (TPSA) is 24.1 Å². The first-order valence-corrected chi connectivity index (χ1v) is 5.33. The molecule has 2 rings (SSSR count). The van der Waals surface area contributed by atoms with Crippen LogP contribution in [0.1, 0.15) is 32.1 Å². The molecule has 2 heterocycles. The molecule has 0 bridgehead atoms. The molecule has 2 aliphatic rings. The summed E-state index contributed by atoms with van der Waals surface area (Å²) in [5.74, 6) is 0. The second-order valence-electron chi connectivity index (χ2n) is 4.38. The maximum atomic E-state index is 3.51. The van der Waals surface area contributed by atoms with Crippen LogP contribution in [0.15, 0.2) is 0 Å². The first-order chi connectivity index (χ1) is 5.91. The van der Waals surface area contributed by atoms with E-state index in [0.29, 0.717) is 5.41 Å². The summed E-state index contributed by atoms with van der Waals surface area (Å²) in [6.45, 7) is 5.00. The zero-order valence-corrected chi connectivity index (χ0v) is 7.86. The molecule has 0 amide bonds. The first-order valence-electron chi connectivity index (χ1n) is 5.33. The molecule has 1 spiro atoms. The van der Waals surface area contributed by atoms with Gasteiger partial charge in [-0.15, -0.1) is 0 Å². The van der Waals surface area contributed by atoms with Gasteiger partial charge in [-0.05, 0) is 50.7 Å². The Hall–Kier alpha value is -0.0800. The summed E-state index contributed by atoms with van der Waals surface area (Å²) in [4.78, 5) is 0. The Balaban J connectivity index is 1.92. The Morgan fingerprint density at radius 1 is 0.750 bits per heavy atom. The Kier molecular flexibility index (Phi) is 2.66. The van der Waals surface area contributed by atoms with Gasteiger partial charge in [0.1, 0.15) is 0 Å². The average molecular weight is 168 g/mol. The quantitative estimate of drug-likeness (QED) is 0.566. The molecule has 0 aliphatic carbocycles. The molecule has 2 aliphatic heterocycles.